The van der Waals surface area contributed by atoms with Crippen molar-refractivity contribution < 1.29 is 31.1 Å². The lowest BCUT2D eigenvalue weighted by Gasteiger charge is -2.44. The Balaban J connectivity index is 1.82. The van der Waals surface area contributed by atoms with Gasteiger partial charge in [0.15, 0.2) is 0 Å². The quantitative estimate of drug-likeness (QED) is 0.431. The summed E-state index contributed by atoms with van der Waals surface area (Å²) in [7, 11) is -4.33. The van der Waals surface area contributed by atoms with Crippen LogP contribution in [-0.4, -0.2) is 59.1 Å². The molecular weight excluding hydrogens is 521 g/mol. The fourth-order valence-electron chi connectivity index (χ4n) is 4.59. The number of aryl methyl sites for hydroxylation is 1. The zero-order chi connectivity index (χ0) is 28.2. The third-order valence-corrected chi connectivity index (χ3v) is 8.12. The number of anilines is 1. The van der Waals surface area contributed by atoms with E-state index in [4.69, 9.17) is 4.74 Å². The third-order valence-electron chi connectivity index (χ3n) is 6.43. The van der Waals surface area contributed by atoms with E-state index in [9.17, 15) is 26.4 Å². The molecule has 0 unspecified atom stereocenters. The summed E-state index contributed by atoms with van der Waals surface area (Å²) in [6, 6.07) is 6.36. The largest absolute Gasteiger partial charge is 0.444 e. The molecule has 12 heteroatoms. The summed E-state index contributed by atoms with van der Waals surface area (Å²) in [5, 5.41) is -0.305. The molecule has 0 spiro atoms. The standard InChI is InChI=1S/C26H31F3N4O4S/c1-16-7-9-19(10-8-16)38(35,36)33-15-20(26(27,28)29)22-21(33)11-12-30-23(22)31-13-18(3)32(14-17(31)2)24(34)37-25(4,5)6/h7-12,15,17-18H,13-14H2,1-6H3/t17-,18+/m0/s1. The fraction of sp³-hybridized carbons (Fsp3) is 0.462. The van der Waals surface area contributed by atoms with Crippen LogP contribution in [0.15, 0.2) is 47.6 Å². The van der Waals surface area contributed by atoms with E-state index in [0.29, 0.717) is 10.2 Å². The molecule has 8 nitrogen and oxygen atoms in total. The minimum atomic E-state index is -4.84. The lowest BCUT2D eigenvalue weighted by Crippen LogP contribution is -2.59. The number of hydrogen-bond acceptors (Lipinski definition) is 6. The maximum Gasteiger partial charge on any atom is 0.418 e. The van der Waals surface area contributed by atoms with Crippen molar-refractivity contribution in [2.45, 2.75) is 70.3 Å². The number of aromatic nitrogens is 2. The smallest absolute Gasteiger partial charge is 0.418 e. The van der Waals surface area contributed by atoms with Gasteiger partial charge in [-0.05, 0) is 59.7 Å². The highest BCUT2D eigenvalue weighted by atomic mass is 32.2. The van der Waals surface area contributed by atoms with Crippen LogP contribution in [0, 0.1) is 6.92 Å². The van der Waals surface area contributed by atoms with Crippen molar-refractivity contribution in [1.82, 2.24) is 13.9 Å². The Hall–Kier alpha value is -3.28. The molecule has 0 saturated carbocycles. The first-order valence-corrected chi connectivity index (χ1v) is 13.6. The van der Waals surface area contributed by atoms with E-state index in [-0.39, 0.29) is 34.7 Å². The highest BCUT2D eigenvalue weighted by Crippen LogP contribution is 2.42. The second-order valence-electron chi connectivity index (χ2n) is 10.7. The molecule has 0 aliphatic carbocycles. The maximum atomic E-state index is 14.3. The van der Waals surface area contributed by atoms with Crippen LogP contribution in [0.1, 0.15) is 45.7 Å². The number of halogens is 3. The number of carbonyl (C=O) groups excluding carboxylic acids is 1. The summed E-state index contributed by atoms with van der Waals surface area (Å²) >= 11 is 0. The summed E-state index contributed by atoms with van der Waals surface area (Å²) < 4.78 is 75.9. The summed E-state index contributed by atoms with van der Waals surface area (Å²) in [4.78, 5) is 20.1. The molecule has 38 heavy (non-hydrogen) atoms. The summed E-state index contributed by atoms with van der Waals surface area (Å²) in [5.74, 6) is 0.0101. The number of hydrogen-bond donors (Lipinski definition) is 0. The van der Waals surface area contributed by atoms with Crippen LogP contribution in [-0.2, 0) is 20.9 Å². The minimum Gasteiger partial charge on any atom is -0.444 e. The molecule has 1 aliphatic heterocycles. The van der Waals surface area contributed by atoms with Crippen molar-refractivity contribution in [3.05, 3.63) is 53.9 Å². The zero-order valence-electron chi connectivity index (χ0n) is 22.1. The molecule has 2 aromatic heterocycles. The molecule has 3 heterocycles. The van der Waals surface area contributed by atoms with E-state index in [2.05, 4.69) is 4.98 Å². The molecular formula is C26H31F3N4O4S. The van der Waals surface area contributed by atoms with E-state index in [0.717, 1.165) is 5.56 Å². The maximum absolute atomic E-state index is 14.3. The minimum absolute atomic E-state index is 0.0101. The lowest BCUT2D eigenvalue weighted by molar-refractivity contribution is -0.136. The Labute approximate surface area is 220 Å². The van der Waals surface area contributed by atoms with Gasteiger partial charge in [0, 0.05) is 37.6 Å². The van der Waals surface area contributed by atoms with Gasteiger partial charge in [0.05, 0.1) is 21.4 Å². The number of benzene rings is 1. The number of fused-ring (bicyclic) bond motifs is 1. The zero-order valence-corrected chi connectivity index (χ0v) is 22.9. The van der Waals surface area contributed by atoms with Crippen molar-refractivity contribution in [1.29, 1.82) is 0 Å². The van der Waals surface area contributed by atoms with Gasteiger partial charge in [-0.3, -0.25) is 0 Å². The van der Waals surface area contributed by atoms with Gasteiger partial charge in [-0.25, -0.2) is 22.2 Å². The van der Waals surface area contributed by atoms with E-state index in [1.54, 1.807) is 63.5 Å². The highest BCUT2D eigenvalue weighted by molar-refractivity contribution is 7.90. The molecule has 1 fully saturated rings. The van der Waals surface area contributed by atoms with Gasteiger partial charge in [0.1, 0.15) is 11.4 Å². The predicted molar refractivity (Wildman–Crippen MR) is 138 cm³/mol. The Bertz CT molecular complexity index is 1460. The lowest BCUT2D eigenvalue weighted by atomic mass is 10.1. The number of ether oxygens (including phenoxy) is 1. The molecule has 1 saturated heterocycles. The van der Waals surface area contributed by atoms with Crippen LogP contribution in [0.4, 0.5) is 23.8 Å². The highest BCUT2D eigenvalue weighted by Gasteiger charge is 2.41. The monoisotopic (exact) mass is 552 g/mol. The molecule has 1 aliphatic rings. The Kier molecular flexibility index (Phi) is 6.92. The van der Waals surface area contributed by atoms with Gasteiger partial charge in [0.25, 0.3) is 10.0 Å². The van der Waals surface area contributed by atoms with Crippen molar-refractivity contribution >= 4 is 32.8 Å². The second kappa shape index (κ2) is 9.48. The topological polar surface area (TPSA) is 84.7 Å². The molecule has 206 valence electrons. The van der Waals surface area contributed by atoms with E-state index in [1.165, 1.54) is 24.4 Å². The number of pyridine rings is 1. The van der Waals surface area contributed by atoms with Crippen LogP contribution in [0.25, 0.3) is 10.9 Å². The van der Waals surface area contributed by atoms with Crippen molar-refractivity contribution in [3.8, 4) is 0 Å². The third kappa shape index (κ3) is 5.18. The van der Waals surface area contributed by atoms with E-state index in [1.807, 2.05) is 0 Å². The van der Waals surface area contributed by atoms with Gasteiger partial charge in [-0.15, -0.1) is 0 Å². The Morgan fingerprint density at radius 1 is 1.03 bits per heavy atom. The van der Waals surface area contributed by atoms with Crippen LogP contribution in [0.5, 0.6) is 0 Å². The first-order chi connectivity index (χ1) is 17.5. The van der Waals surface area contributed by atoms with Crippen molar-refractivity contribution in [2.24, 2.45) is 0 Å². The van der Waals surface area contributed by atoms with E-state index >= 15 is 0 Å². The van der Waals surface area contributed by atoms with Gasteiger partial charge >= 0.3 is 12.3 Å². The van der Waals surface area contributed by atoms with E-state index < -0.39 is 45.5 Å². The number of piperazine rings is 1. The molecule has 4 rings (SSSR count). The number of rotatable bonds is 3. The molecule has 2 atom stereocenters. The van der Waals surface area contributed by atoms with Crippen molar-refractivity contribution in [2.75, 3.05) is 18.0 Å². The summed E-state index contributed by atoms with van der Waals surface area (Å²) in [6.45, 7) is 11.0. The summed E-state index contributed by atoms with van der Waals surface area (Å²) in [6.07, 6.45) is -3.42. The molecule has 0 radical (unpaired) electrons. The average molecular weight is 553 g/mol. The Morgan fingerprint density at radius 2 is 1.66 bits per heavy atom. The fourth-order valence-corrected chi connectivity index (χ4v) is 5.95. The second-order valence-corrected chi connectivity index (χ2v) is 12.5. The number of alkyl halides is 3. The summed E-state index contributed by atoms with van der Waals surface area (Å²) in [5.41, 5.74) is -1.10. The molecule has 1 amide bonds. The number of amides is 1. The SMILES string of the molecule is Cc1ccc(S(=O)(=O)n2cc(C(F)(F)F)c3c(N4C[C@@H](C)N(C(=O)OC(C)(C)C)C[C@@H]4C)nccc32)cc1. The first kappa shape index (κ1) is 27.7. The molecule has 3 aromatic rings. The van der Waals surface area contributed by atoms with Crippen LogP contribution in [0.2, 0.25) is 0 Å². The van der Waals surface area contributed by atoms with Crippen LogP contribution < -0.4 is 4.90 Å². The van der Waals surface area contributed by atoms with Gasteiger partial charge in [-0.2, -0.15) is 13.2 Å². The molecule has 1 aromatic carbocycles. The number of nitrogens with zero attached hydrogens (tertiary/aromatic N) is 4. The Morgan fingerprint density at radius 3 is 2.24 bits per heavy atom. The normalized spacial score (nSPS) is 19.2. The van der Waals surface area contributed by atoms with Gasteiger partial charge < -0.3 is 14.5 Å². The number of carbonyl (C=O) groups is 1. The van der Waals surface area contributed by atoms with Crippen LogP contribution in [0.3, 0.4) is 0 Å². The van der Waals surface area contributed by atoms with Crippen LogP contribution >= 0.6 is 0 Å². The first-order valence-electron chi connectivity index (χ1n) is 12.2. The predicted octanol–water partition coefficient (Wildman–Crippen LogP) is 5.43. The van der Waals surface area contributed by atoms with Gasteiger partial charge in [-0.1, -0.05) is 17.7 Å². The van der Waals surface area contributed by atoms with Gasteiger partial charge in [0.2, 0.25) is 0 Å². The van der Waals surface area contributed by atoms with Crippen molar-refractivity contribution in [3.63, 3.8) is 0 Å². The average Bonchev–Trinajstić information content (AvgIpc) is 3.21. The molecule has 0 N–H and O–H groups in total. The molecule has 0 bridgehead atoms.